The van der Waals surface area contributed by atoms with Gasteiger partial charge in [0.15, 0.2) is 0 Å². The summed E-state index contributed by atoms with van der Waals surface area (Å²) in [5.41, 5.74) is 5.66. The highest BCUT2D eigenvalue weighted by molar-refractivity contribution is 5.85. The topological polar surface area (TPSA) is 55.0 Å². The van der Waals surface area contributed by atoms with Crippen molar-refractivity contribution in [2.75, 3.05) is 18.0 Å². The van der Waals surface area contributed by atoms with Crippen LogP contribution >= 0.6 is 12.4 Å². The largest absolute Gasteiger partial charge is 0.337 e. The molecule has 0 aliphatic carbocycles. The van der Waals surface area contributed by atoms with Gasteiger partial charge in [-0.2, -0.15) is 0 Å². The summed E-state index contributed by atoms with van der Waals surface area (Å²) in [4.78, 5) is 10.6. The molecule has 2 rings (SSSR count). The van der Waals surface area contributed by atoms with E-state index in [1.165, 1.54) is 6.42 Å². The summed E-state index contributed by atoms with van der Waals surface area (Å²) >= 11 is 0. The lowest BCUT2D eigenvalue weighted by Gasteiger charge is -2.22. The second-order valence-electron chi connectivity index (χ2n) is 3.27. The second kappa shape index (κ2) is 5.12. The van der Waals surface area contributed by atoms with E-state index in [1.54, 1.807) is 12.4 Å². The number of nitrogens with zero attached hydrogens (tertiary/aromatic N) is 3. The minimum absolute atomic E-state index is 0. The molecule has 78 valence electrons. The second-order valence-corrected chi connectivity index (χ2v) is 3.27. The number of rotatable bonds is 2. The molecular weight excluding hydrogens is 200 g/mol. The normalized spacial score (nSPS) is 20.6. The first-order valence-corrected chi connectivity index (χ1v) is 4.65. The van der Waals surface area contributed by atoms with Crippen molar-refractivity contribution in [3.63, 3.8) is 0 Å². The Morgan fingerprint density at radius 3 is 2.79 bits per heavy atom. The van der Waals surface area contributed by atoms with Gasteiger partial charge in [-0.3, -0.25) is 0 Å². The molecular formula is C9H15ClN4. The van der Waals surface area contributed by atoms with Crippen molar-refractivity contribution in [1.82, 2.24) is 9.97 Å². The van der Waals surface area contributed by atoms with Crippen molar-refractivity contribution in [2.45, 2.75) is 18.9 Å². The molecule has 0 radical (unpaired) electrons. The quantitative estimate of drug-likeness (QED) is 0.792. The summed E-state index contributed by atoms with van der Waals surface area (Å²) in [6.07, 6.45) is 5.90. The first-order valence-electron chi connectivity index (χ1n) is 4.65. The maximum Gasteiger partial charge on any atom is 0.225 e. The molecule has 14 heavy (non-hydrogen) atoms. The lowest BCUT2D eigenvalue weighted by Crippen LogP contribution is -2.36. The van der Waals surface area contributed by atoms with Crippen LogP contribution in [-0.2, 0) is 0 Å². The van der Waals surface area contributed by atoms with E-state index in [0.29, 0.717) is 12.6 Å². The Hall–Kier alpha value is -0.870. The molecule has 1 saturated heterocycles. The van der Waals surface area contributed by atoms with Crippen LogP contribution in [0.1, 0.15) is 12.8 Å². The summed E-state index contributed by atoms with van der Waals surface area (Å²) in [7, 11) is 0. The molecule has 2 N–H and O–H groups in total. The van der Waals surface area contributed by atoms with Crippen LogP contribution in [0.2, 0.25) is 0 Å². The first-order chi connectivity index (χ1) is 6.42. The molecule has 0 bridgehead atoms. The maximum atomic E-state index is 5.66. The van der Waals surface area contributed by atoms with Crippen LogP contribution in [0.5, 0.6) is 0 Å². The molecule has 0 spiro atoms. The van der Waals surface area contributed by atoms with E-state index < -0.39 is 0 Å². The van der Waals surface area contributed by atoms with E-state index >= 15 is 0 Å². The Morgan fingerprint density at radius 1 is 1.43 bits per heavy atom. The fourth-order valence-corrected chi connectivity index (χ4v) is 1.78. The first kappa shape index (κ1) is 11.2. The third-order valence-electron chi connectivity index (χ3n) is 2.46. The molecule has 4 nitrogen and oxygen atoms in total. The number of hydrogen-bond acceptors (Lipinski definition) is 4. The van der Waals surface area contributed by atoms with Gasteiger partial charge >= 0.3 is 0 Å². The van der Waals surface area contributed by atoms with Crippen molar-refractivity contribution >= 4 is 18.4 Å². The summed E-state index contributed by atoms with van der Waals surface area (Å²) in [6.45, 7) is 1.73. The zero-order valence-electron chi connectivity index (χ0n) is 7.97. The monoisotopic (exact) mass is 214 g/mol. The minimum Gasteiger partial charge on any atom is -0.337 e. The summed E-state index contributed by atoms with van der Waals surface area (Å²) in [5, 5.41) is 0. The lowest BCUT2D eigenvalue weighted by atomic mass is 10.2. The standard InChI is InChI=1S/C9H14N4.ClH/c10-7-8-3-1-6-13(8)9-11-4-2-5-12-9;/h2,4-5,8H,1,3,6-7,10H2;1H. The highest BCUT2D eigenvalue weighted by atomic mass is 35.5. The smallest absolute Gasteiger partial charge is 0.225 e. The van der Waals surface area contributed by atoms with Gasteiger partial charge in [-0.1, -0.05) is 0 Å². The predicted octanol–water partition coefficient (Wildman–Crippen LogP) is 0.826. The van der Waals surface area contributed by atoms with Gasteiger partial charge in [-0.25, -0.2) is 9.97 Å². The summed E-state index contributed by atoms with van der Waals surface area (Å²) < 4.78 is 0. The Kier molecular flexibility index (Phi) is 4.10. The van der Waals surface area contributed by atoms with Gasteiger partial charge in [-0.05, 0) is 18.9 Å². The van der Waals surface area contributed by atoms with E-state index in [4.69, 9.17) is 5.73 Å². The third kappa shape index (κ3) is 2.13. The lowest BCUT2D eigenvalue weighted by molar-refractivity contribution is 0.664. The van der Waals surface area contributed by atoms with E-state index in [-0.39, 0.29) is 12.4 Å². The van der Waals surface area contributed by atoms with E-state index in [1.807, 2.05) is 6.07 Å². The number of hydrogen-bond donors (Lipinski definition) is 1. The Labute approximate surface area is 89.9 Å². The fourth-order valence-electron chi connectivity index (χ4n) is 1.78. The van der Waals surface area contributed by atoms with E-state index in [0.717, 1.165) is 18.9 Å². The number of anilines is 1. The predicted molar refractivity (Wildman–Crippen MR) is 58.7 cm³/mol. The molecule has 0 saturated carbocycles. The van der Waals surface area contributed by atoms with Crippen LogP contribution in [-0.4, -0.2) is 29.1 Å². The van der Waals surface area contributed by atoms with Gasteiger partial charge in [0, 0.05) is 31.5 Å². The van der Waals surface area contributed by atoms with Crippen LogP contribution < -0.4 is 10.6 Å². The zero-order chi connectivity index (χ0) is 9.10. The molecule has 5 heteroatoms. The van der Waals surface area contributed by atoms with Gasteiger partial charge in [0.05, 0.1) is 0 Å². The van der Waals surface area contributed by atoms with Gasteiger partial charge in [-0.15, -0.1) is 12.4 Å². The number of aromatic nitrogens is 2. The molecule has 1 atom stereocenters. The van der Waals surface area contributed by atoms with Gasteiger partial charge in [0.1, 0.15) is 0 Å². The molecule has 2 heterocycles. The Bertz CT molecular complexity index is 267. The number of nitrogens with two attached hydrogens (primary N) is 1. The Morgan fingerprint density at radius 2 is 2.14 bits per heavy atom. The average molecular weight is 215 g/mol. The van der Waals surface area contributed by atoms with Gasteiger partial charge < -0.3 is 10.6 Å². The molecule has 1 fully saturated rings. The zero-order valence-corrected chi connectivity index (χ0v) is 8.78. The highest BCUT2D eigenvalue weighted by Gasteiger charge is 2.24. The van der Waals surface area contributed by atoms with Crippen molar-refractivity contribution < 1.29 is 0 Å². The van der Waals surface area contributed by atoms with Crippen molar-refractivity contribution in [3.05, 3.63) is 18.5 Å². The maximum absolute atomic E-state index is 5.66. The van der Waals surface area contributed by atoms with Crippen LogP contribution in [0.25, 0.3) is 0 Å². The van der Waals surface area contributed by atoms with E-state index in [2.05, 4.69) is 14.9 Å². The molecule has 1 aliphatic heterocycles. The van der Waals surface area contributed by atoms with Gasteiger partial charge in [0.2, 0.25) is 5.95 Å². The van der Waals surface area contributed by atoms with E-state index in [9.17, 15) is 0 Å². The molecule has 0 amide bonds. The molecule has 1 aliphatic rings. The fraction of sp³-hybridized carbons (Fsp3) is 0.556. The molecule has 1 aromatic heterocycles. The minimum atomic E-state index is 0. The number of halogens is 1. The van der Waals surface area contributed by atoms with Crippen molar-refractivity contribution in [2.24, 2.45) is 5.73 Å². The van der Waals surface area contributed by atoms with Gasteiger partial charge in [0.25, 0.3) is 0 Å². The molecule has 1 unspecified atom stereocenters. The molecule has 1 aromatic rings. The summed E-state index contributed by atoms with van der Waals surface area (Å²) in [6, 6.07) is 2.26. The van der Waals surface area contributed by atoms with Crippen LogP contribution in [0.4, 0.5) is 5.95 Å². The SMILES string of the molecule is Cl.NCC1CCCN1c1ncccn1. The van der Waals surface area contributed by atoms with Crippen molar-refractivity contribution in [3.8, 4) is 0 Å². The van der Waals surface area contributed by atoms with Crippen LogP contribution in [0, 0.1) is 0 Å². The van der Waals surface area contributed by atoms with Crippen molar-refractivity contribution in [1.29, 1.82) is 0 Å². The third-order valence-corrected chi connectivity index (χ3v) is 2.46. The van der Waals surface area contributed by atoms with Crippen LogP contribution in [0.15, 0.2) is 18.5 Å². The summed E-state index contributed by atoms with van der Waals surface area (Å²) in [5.74, 6) is 0.815. The Balaban J connectivity index is 0.000000980. The van der Waals surface area contributed by atoms with Crippen LogP contribution in [0.3, 0.4) is 0 Å². The highest BCUT2D eigenvalue weighted by Crippen LogP contribution is 2.20. The average Bonchev–Trinajstić information content (AvgIpc) is 2.67. The molecule has 0 aromatic carbocycles.